The number of hydrogen-bond donors (Lipinski definition) is 1. The Balaban J connectivity index is 1.99. The SMILES string of the molecule is Cc1cccc(C(C)C)c1NC(=O)C(C)OC(=O)/C=C/c1ccc(C(F)(F)F)cc1. The molecule has 0 saturated heterocycles. The van der Waals surface area contributed by atoms with Gasteiger partial charge in [-0.3, -0.25) is 4.79 Å². The normalized spacial score (nSPS) is 12.8. The molecule has 0 aliphatic heterocycles. The third kappa shape index (κ3) is 6.20. The van der Waals surface area contributed by atoms with Crippen LogP contribution in [0.5, 0.6) is 0 Å². The highest BCUT2D eigenvalue weighted by molar-refractivity contribution is 5.97. The Hall–Kier alpha value is -3.09. The summed E-state index contributed by atoms with van der Waals surface area (Å²) in [6.45, 7) is 7.36. The predicted octanol–water partition coefficient (Wildman–Crippen LogP) is 5.72. The van der Waals surface area contributed by atoms with Crippen molar-refractivity contribution in [3.05, 3.63) is 70.8 Å². The summed E-state index contributed by atoms with van der Waals surface area (Å²) in [4.78, 5) is 24.4. The minimum atomic E-state index is -4.42. The molecule has 30 heavy (non-hydrogen) atoms. The summed E-state index contributed by atoms with van der Waals surface area (Å²) in [7, 11) is 0. The molecule has 0 saturated carbocycles. The summed E-state index contributed by atoms with van der Waals surface area (Å²) < 4.78 is 42.8. The molecule has 2 rings (SSSR count). The van der Waals surface area contributed by atoms with Crippen LogP contribution in [0.2, 0.25) is 0 Å². The summed E-state index contributed by atoms with van der Waals surface area (Å²) in [6.07, 6.45) is -3.07. The quantitative estimate of drug-likeness (QED) is 0.481. The summed E-state index contributed by atoms with van der Waals surface area (Å²) in [6, 6.07) is 10.1. The number of para-hydroxylation sites is 1. The number of anilines is 1. The minimum absolute atomic E-state index is 0.199. The molecule has 1 amide bonds. The predicted molar refractivity (Wildman–Crippen MR) is 110 cm³/mol. The Morgan fingerprint density at radius 2 is 1.67 bits per heavy atom. The first-order valence-electron chi connectivity index (χ1n) is 9.45. The Labute approximate surface area is 173 Å². The van der Waals surface area contributed by atoms with Gasteiger partial charge in [0.05, 0.1) is 5.56 Å². The molecule has 0 bridgehead atoms. The Morgan fingerprint density at radius 1 is 1.03 bits per heavy atom. The van der Waals surface area contributed by atoms with E-state index in [1.165, 1.54) is 25.1 Å². The van der Waals surface area contributed by atoms with Crippen LogP contribution in [-0.4, -0.2) is 18.0 Å². The summed E-state index contributed by atoms with van der Waals surface area (Å²) in [5.74, 6) is -1.04. The van der Waals surface area contributed by atoms with Crippen LogP contribution < -0.4 is 5.32 Å². The average Bonchev–Trinajstić information content (AvgIpc) is 2.67. The smallest absolute Gasteiger partial charge is 0.416 e. The lowest BCUT2D eigenvalue weighted by molar-refractivity contribution is -0.148. The topological polar surface area (TPSA) is 55.4 Å². The van der Waals surface area contributed by atoms with Crippen LogP contribution in [0.4, 0.5) is 18.9 Å². The molecule has 0 radical (unpaired) electrons. The number of alkyl halides is 3. The van der Waals surface area contributed by atoms with Gasteiger partial charge in [0.25, 0.3) is 5.91 Å². The van der Waals surface area contributed by atoms with Gasteiger partial charge in [-0.25, -0.2) is 4.79 Å². The molecule has 0 spiro atoms. The summed E-state index contributed by atoms with van der Waals surface area (Å²) in [5, 5.41) is 2.81. The van der Waals surface area contributed by atoms with Crippen LogP contribution in [0.3, 0.4) is 0 Å². The number of carbonyl (C=O) groups is 2. The van der Waals surface area contributed by atoms with Crippen LogP contribution in [0.15, 0.2) is 48.5 Å². The lowest BCUT2D eigenvalue weighted by atomic mass is 9.98. The minimum Gasteiger partial charge on any atom is -0.449 e. The molecular formula is C23H24F3NO3. The van der Waals surface area contributed by atoms with Crippen molar-refractivity contribution in [2.75, 3.05) is 5.32 Å². The van der Waals surface area contributed by atoms with Crippen LogP contribution in [-0.2, 0) is 20.5 Å². The third-order valence-electron chi connectivity index (χ3n) is 4.49. The number of benzene rings is 2. The van der Waals surface area contributed by atoms with Gasteiger partial charge in [0.15, 0.2) is 6.10 Å². The van der Waals surface area contributed by atoms with E-state index in [1.807, 2.05) is 39.0 Å². The van der Waals surface area contributed by atoms with Gasteiger partial charge in [-0.15, -0.1) is 0 Å². The third-order valence-corrected chi connectivity index (χ3v) is 4.49. The first-order valence-corrected chi connectivity index (χ1v) is 9.45. The van der Waals surface area contributed by atoms with E-state index in [9.17, 15) is 22.8 Å². The molecule has 0 fully saturated rings. The molecule has 7 heteroatoms. The zero-order valence-corrected chi connectivity index (χ0v) is 17.2. The lowest BCUT2D eigenvalue weighted by Crippen LogP contribution is -2.30. The zero-order chi connectivity index (χ0) is 22.5. The number of halogens is 3. The van der Waals surface area contributed by atoms with E-state index in [4.69, 9.17) is 4.74 Å². The van der Waals surface area contributed by atoms with Gasteiger partial charge >= 0.3 is 12.1 Å². The summed E-state index contributed by atoms with van der Waals surface area (Å²) >= 11 is 0. The molecule has 0 aromatic heterocycles. The number of ether oxygens (including phenoxy) is 1. The molecule has 1 atom stereocenters. The van der Waals surface area contributed by atoms with Crippen molar-refractivity contribution in [3.8, 4) is 0 Å². The van der Waals surface area contributed by atoms with E-state index < -0.39 is 29.7 Å². The van der Waals surface area contributed by atoms with E-state index in [0.29, 0.717) is 11.3 Å². The van der Waals surface area contributed by atoms with E-state index >= 15 is 0 Å². The van der Waals surface area contributed by atoms with Gasteiger partial charge in [0.2, 0.25) is 0 Å². The van der Waals surface area contributed by atoms with Crippen molar-refractivity contribution in [2.45, 2.75) is 45.9 Å². The molecule has 0 aliphatic carbocycles. The van der Waals surface area contributed by atoms with E-state index in [1.54, 1.807) is 0 Å². The number of nitrogens with one attached hydrogen (secondary N) is 1. The van der Waals surface area contributed by atoms with Crippen LogP contribution in [0.25, 0.3) is 6.08 Å². The van der Waals surface area contributed by atoms with Gasteiger partial charge in [-0.05, 0) is 54.7 Å². The number of hydrogen-bond acceptors (Lipinski definition) is 3. The molecule has 1 unspecified atom stereocenters. The van der Waals surface area contributed by atoms with Gasteiger partial charge in [-0.1, -0.05) is 44.2 Å². The van der Waals surface area contributed by atoms with E-state index in [0.717, 1.165) is 29.3 Å². The first kappa shape index (κ1) is 23.2. The van der Waals surface area contributed by atoms with Crippen molar-refractivity contribution < 1.29 is 27.5 Å². The zero-order valence-electron chi connectivity index (χ0n) is 17.2. The molecule has 2 aromatic rings. The monoisotopic (exact) mass is 419 g/mol. The maximum atomic E-state index is 12.6. The Morgan fingerprint density at radius 3 is 2.23 bits per heavy atom. The number of rotatable bonds is 6. The maximum Gasteiger partial charge on any atom is 0.416 e. The average molecular weight is 419 g/mol. The van der Waals surface area contributed by atoms with Gasteiger partial charge in [-0.2, -0.15) is 13.2 Å². The number of carbonyl (C=O) groups excluding carboxylic acids is 2. The first-order chi connectivity index (χ1) is 14.0. The van der Waals surface area contributed by atoms with Crippen molar-refractivity contribution >= 4 is 23.6 Å². The van der Waals surface area contributed by atoms with Crippen LogP contribution in [0.1, 0.15) is 48.9 Å². The van der Waals surface area contributed by atoms with Crippen molar-refractivity contribution in [2.24, 2.45) is 0 Å². The number of esters is 1. The van der Waals surface area contributed by atoms with Gasteiger partial charge in [0, 0.05) is 11.8 Å². The van der Waals surface area contributed by atoms with Crippen molar-refractivity contribution in [1.29, 1.82) is 0 Å². The molecule has 160 valence electrons. The molecule has 0 heterocycles. The Kier molecular flexibility index (Phi) is 7.43. The van der Waals surface area contributed by atoms with Crippen LogP contribution in [0, 0.1) is 6.92 Å². The van der Waals surface area contributed by atoms with Gasteiger partial charge < -0.3 is 10.1 Å². The highest BCUT2D eigenvalue weighted by Crippen LogP contribution is 2.29. The second-order valence-electron chi connectivity index (χ2n) is 7.22. The molecule has 0 aliphatic rings. The molecule has 4 nitrogen and oxygen atoms in total. The largest absolute Gasteiger partial charge is 0.449 e. The number of aryl methyl sites for hydroxylation is 1. The second kappa shape index (κ2) is 9.61. The highest BCUT2D eigenvalue weighted by atomic mass is 19.4. The van der Waals surface area contributed by atoms with Crippen molar-refractivity contribution in [1.82, 2.24) is 0 Å². The van der Waals surface area contributed by atoms with E-state index in [-0.39, 0.29) is 5.92 Å². The Bertz CT molecular complexity index is 932. The van der Waals surface area contributed by atoms with Gasteiger partial charge in [0.1, 0.15) is 0 Å². The maximum absolute atomic E-state index is 12.6. The van der Waals surface area contributed by atoms with Crippen molar-refractivity contribution in [3.63, 3.8) is 0 Å². The molecular weight excluding hydrogens is 395 g/mol. The standard InChI is InChI=1S/C23H24F3NO3/c1-14(2)19-7-5-6-15(3)21(19)27-22(29)16(4)30-20(28)13-10-17-8-11-18(12-9-17)23(24,25)26/h5-14,16H,1-4H3,(H,27,29)/b13-10+. The fourth-order valence-corrected chi connectivity index (χ4v) is 2.78. The number of amides is 1. The molecule has 2 aromatic carbocycles. The highest BCUT2D eigenvalue weighted by Gasteiger charge is 2.29. The van der Waals surface area contributed by atoms with Crippen LogP contribution >= 0.6 is 0 Å². The van der Waals surface area contributed by atoms with E-state index in [2.05, 4.69) is 5.32 Å². The summed E-state index contributed by atoms with van der Waals surface area (Å²) in [5.41, 5.74) is 2.20. The fourth-order valence-electron chi connectivity index (χ4n) is 2.78. The second-order valence-corrected chi connectivity index (χ2v) is 7.22. The molecule has 1 N–H and O–H groups in total. The fraction of sp³-hybridized carbons (Fsp3) is 0.304. The lowest BCUT2D eigenvalue weighted by Gasteiger charge is -2.18.